The summed E-state index contributed by atoms with van der Waals surface area (Å²) >= 11 is 0. The first kappa shape index (κ1) is 14.7. The first-order valence-corrected chi connectivity index (χ1v) is 6.55. The summed E-state index contributed by atoms with van der Waals surface area (Å²) in [5.41, 5.74) is 1.22. The van der Waals surface area contributed by atoms with Crippen molar-refractivity contribution in [3.8, 4) is 5.75 Å². The topological polar surface area (TPSA) is 80.4 Å². The second kappa shape index (κ2) is 6.65. The average molecular weight is 285 g/mol. The van der Waals surface area contributed by atoms with Crippen LogP contribution in [0.3, 0.4) is 0 Å². The van der Waals surface area contributed by atoms with E-state index in [4.69, 9.17) is 0 Å². The normalized spacial score (nSPS) is 11.8. The Bertz CT molecular complexity index is 622. The van der Waals surface area contributed by atoms with Crippen LogP contribution < -0.4 is 0 Å². The van der Waals surface area contributed by atoms with E-state index in [-0.39, 0.29) is 24.5 Å². The third-order valence-corrected chi connectivity index (χ3v) is 3.26. The quantitative estimate of drug-likeness (QED) is 0.502. The van der Waals surface area contributed by atoms with E-state index >= 15 is 0 Å². The Morgan fingerprint density at radius 3 is 2.29 bits per heavy atom. The third kappa shape index (κ3) is 4.14. The molecule has 2 aromatic carbocycles. The lowest BCUT2D eigenvalue weighted by Gasteiger charge is -2.12. The number of rotatable bonds is 6. The molecule has 0 saturated carbocycles. The highest BCUT2D eigenvalue weighted by Gasteiger charge is 2.22. The van der Waals surface area contributed by atoms with Gasteiger partial charge in [-0.3, -0.25) is 14.9 Å². The van der Waals surface area contributed by atoms with Crippen LogP contribution in [0, 0.1) is 10.1 Å². The maximum atomic E-state index is 12.2. The van der Waals surface area contributed by atoms with Crippen molar-refractivity contribution >= 4 is 5.78 Å². The molecular formula is C16H15NO4. The lowest BCUT2D eigenvalue weighted by Crippen LogP contribution is -2.16. The summed E-state index contributed by atoms with van der Waals surface area (Å²) in [6.45, 7) is -0.284. The van der Waals surface area contributed by atoms with Gasteiger partial charge in [0.1, 0.15) is 5.75 Å². The molecule has 0 heterocycles. The molecule has 21 heavy (non-hydrogen) atoms. The van der Waals surface area contributed by atoms with Crippen molar-refractivity contribution in [3.05, 3.63) is 75.8 Å². The maximum Gasteiger partial charge on any atom is 0.211 e. The Hall–Kier alpha value is -2.69. The van der Waals surface area contributed by atoms with E-state index in [1.807, 2.05) is 6.07 Å². The molecule has 1 N–H and O–H groups in total. The summed E-state index contributed by atoms with van der Waals surface area (Å²) in [6.07, 6.45) is 0.0652. The first-order valence-electron chi connectivity index (χ1n) is 6.55. The number of carbonyl (C=O) groups excluding carboxylic acids is 1. The number of aromatic hydroxyl groups is 1. The summed E-state index contributed by atoms with van der Waals surface area (Å²) in [4.78, 5) is 22.6. The number of hydrogen-bond donors (Lipinski definition) is 1. The van der Waals surface area contributed by atoms with Crippen molar-refractivity contribution in [3.63, 3.8) is 0 Å². The predicted octanol–water partition coefficient (Wildman–Crippen LogP) is 3.03. The number of benzene rings is 2. The highest BCUT2D eigenvalue weighted by Crippen LogP contribution is 2.22. The van der Waals surface area contributed by atoms with Gasteiger partial charge in [0.25, 0.3) is 0 Å². The Kier molecular flexibility index (Phi) is 4.66. The van der Waals surface area contributed by atoms with Crippen LogP contribution in [-0.4, -0.2) is 22.4 Å². The van der Waals surface area contributed by atoms with Crippen LogP contribution in [0.2, 0.25) is 0 Å². The van der Waals surface area contributed by atoms with Crippen molar-refractivity contribution in [2.45, 2.75) is 12.3 Å². The predicted molar refractivity (Wildman–Crippen MR) is 78.1 cm³/mol. The van der Waals surface area contributed by atoms with Gasteiger partial charge in [-0.15, -0.1) is 0 Å². The van der Waals surface area contributed by atoms with Crippen molar-refractivity contribution in [1.29, 1.82) is 0 Å². The fraction of sp³-hybridized carbons (Fsp3) is 0.188. The number of nitrogens with zero attached hydrogens (tertiary/aromatic N) is 1. The van der Waals surface area contributed by atoms with Gasteiger partial charge in [-0.1, -0.05) is 30.3 Å². The molecule has 0 unspecified atom stereocenters. The molecule has 5 heteroatoms. The molecule has 0 amide bonds. The minimum atomic E-state index is -0.456. The smallest absolute Gasteiger partial charge is 0.211 e. The van der Waals surface area contributed by atoms with Crippen LogP contribution in [0.5, 0.6) is 5.75 Å². The maximum absolute atomic E-state index is 12.2. The van der Waals surface area contributed by atoms with Crippen molar-refractivity contribution < 1.29 is 14.8 Å². The van der Waals surface area contributed by atoms with E-state index in [9.17, 15) is 20.0 Å². The lowest BCUT2D eigenvalue weighted by molar-refractivity contribution is -0.483. The minimum absolute atomic E-state index is 0.0652. The van der Waals surface area contributed by atoms with Crippen LogP contribution >= 0.6 is 0 Å². The monoisotopic (exact) mass is 285 g/mol. The molecule has 0 spiro atoms. The molecule has 0 fully saturated rings. The van der Waals surface area contributed by atoms with Gasteiger partial charge in [-0.05, 0) is 29.8 Å². The Morgan fingerprint density at radius 1 is 1.10 bits per heavy atom. The fourth-order valence-corrected chi connectivity index (χ4v) is 2.18. The number of phenols is 1. The molecule has 5 nitrogen and oxygen atoms in total. The van der Waals surface area contributed by atoms with Gasteiger partial charge in [0.2, 0.25) is 6.54 Å². The van der Waals surface area contributed by atoms with E-state index in [0.29, 0.717) is 5.56 Å². The number of Topliss-reactive ketones (excluding diaryl/α,β-unsaturated/α-hetero) is 1. The Balaban J connectivity index is 2.17. The van der Waals surface area contributed by atoms with Crippen LogP contribution in [0.4, 0.5) is 0 Å². The number of phenolic OH excluding ortho intramolecular Hbond substituents is 1. The molecule has 0 aliphatic rings. The van der Waals surface area contributed by atoms with Gasteiger partial charge in [-0.2, -0.15) is 0 Å². The molecule has 0 radical (unpaired) electrons. The van der Waals surface area contributed by atoms with Gasteiger partial charge in [0, 0.05) is 16.9 Å². The van der Waals surface area contributed by atoms with Crippen molar-refractivity contribution in [2.75, 3.05) is 6.54 Å². The van der Waals surface area contributed by atoms with E-state index in [2.05, 4.69) is 0 Å². The molecule has 0 aromatic heterocycles. The second-order valence-electron chi connectivity index (χ2n) is 4.80. The van der Waals surface area contributed by atoms with Crippen molar-refractivity contribution in [1.82, 2.24) is 0 Å². The van der Waals surface area contributed by atoms with Gasteiger partial charge in [-0.25, -0.2) is 0 Å². The second-order valence-corrected chi connectivity index (χ2v) is 4.80. The molecule has 108 valence electrons. The van der Waals surface area contributed by atoms with E-state index in [0.717, 1.165) is 5.56 Å². The Morgan fingerprint density at radius 2 is 1.71 bits per heavy atom. The van der Waals surface area contributed by atoms with Crippen molar-refractivity contribution in [2.24, 2.45) is 0 Å². The summed E-state index contributed by atoms with van der Waals surface area (Å²) in [6, 6.07) is 14.9. The molecule has 0 bridgehead atoms. The molecule has 0 aliphatic carbocycles. The number of carbonyl (C=O) groups is 1. The van der Waals surface area contributed by atoms with Gasteiger partial charge >= 0.3 is 0 Å². The molecule has 1 atom stereocenters. The summed E-state index contributed by atoms with van der Waals surface area (Å²) in [5, 5.41) is 20.0. The third-order valence-electron chi connectivity index (χ3n) is 3.26. The van der Waals surface area contributed by atoms with E-state index in [1.54, 1.807) is 24.3 Å². The van der Waals surface area contributed by atoms with Crippen LogP contribution in [-0.2, 0) is 0 Å². The Labute approximate surface area is 122 Å². The van der Waals surface area contributed by atoms with Crippen LogP contribution in [0.15, 0.2) is 54.6 Å². The fourth-order valence-electron chi connectivity index (χ4n) is 2.18. The molecule has 0 aliphatic heterocycles. The minimum Gasteiger partial charge on any atom is -0.508 e. The molecular weight excluding hydrogens is 270 g/mol. The van der Waals surface area contributed by atoms with E-state index < -0.39 is 10.8 Å². The van der Waals surface area contributed by atoms with Gasteiger partial charge in [0.05, 0.1) is 5.92 Å². The first-order chi connectivity index (χ1) is 10.1. The number of nitro groups is 1. The zero-order valence-corrected chi connectivity index (χ0v) is 11.3. The zero-order valence-electron chi connectivity index (χ0n) is 11.3. The highest BCUT2D eigenvalue weighted by molar-refractivity contribution is 5.96. The van der Waals surface area contributed by atoms with E-state index in [1.165, 1.54) is 24.3 Å². The summed E-state index contributed by atoms with van der Waals surface area (Å²) in [5.74, 6) is -0.551. The average Bonchev–Trinajstić information content (AvgIpc) is 2.47. The standard InChI is InChI=1S/C16H15NO4/c18-15-8-6-13(7-9-15)16(19)10-14(11-17(20)21)12-4-2-1-3-5-12/h1-9,14,18H,10-11H2/t14-/m1/s1. The number of ketones is 1. The van der Waals surface area contributed by atoms with Gasteiger partial charge in [0.15, 0.2) is 5.78 Å². The van der Waals surface area contributed by atoms with Crippen LogP contribution in [0.25, 0.3) is 0 Å². The molecule has 0 saturated heterocycles. The zero-order chi connectivity index (χ0) is 15.2. The molecule has 2 aromatic rings. The summed E-state index contributed by atoms with van der Waals surface area (Å²) < 4.78 is 0. The lowest BCUT2D eigenvalue weighted by atomic mass is 9.91. The van der Waals surface area contributed by atoms with Gasteiger partial charge < -0.3 is 5.11 Å². The van der Waals surface area contributed by atoms with Crippen LogP contribution in [0.1, 0.15) is 28.3 Å². The highest BCUT2D eigenvalue weighted by atomic mass is 16.6. The molecule has 2 rings (SSSR count). The largest absolute Gasteiger partial charge is 0.508 e. The summed E-state index contributed by atoms with van der Waals surface area (Å²) in [7, 11) is 0. The SMILES string of the molecule is O=C(C[C@H](C[N+](=O)[O-])c1ccccc1)c1ccc(O)cc1. The number of hydrogen-bond acceptors (Lipinski definition) is 4.